The number of benzene rings is 1. The van der Waals surface area contributed by atoms with Crippen LogP contribution in [0.4, 0.5) is 0 Å². The topological polar surface area (TPSA) is 116 Å². The molecule has 2 aliphatic heterocycles. The zero-order valence-corrected chi connectivity index (χ0v) is 18.4. The third-order valence-electron chi connectivity index (χ3n) is 5.53. The van der Waals surface area contributed by atoms with E-state index < -0.39 is 40.7 Å². The maximum Gasteiger partial charge on any atom is 0.326 e. The van der Waals surface area contributed by atoms with Crippen molar-refractivity contribution in [2.24, 2.45) is 5.92 Å². The van der Waals surface area contributed by atoms with Crippen LogP contribution >= 0.6 is 11.8 Å². The lowest BCUT2D eigenvalue weighted by Gasteiger charge is -2.30. The lowest BCUT2D eigenvalue weighted by atomic mass is 10.00. The number of amides is 3. The second kappa shape index (κ2) is 7.94. The third kappa shape index (κ3) is 3.78. The Morgan fingerprint density at radius 3 is 2.37 bits per heavy atom. The standard InChI is InChI=1S/C21H27N3O5S/c1-10(2)14(20(28)29)23-16(25)11(3)22-17(26)15-21(4,5)30-19-13-9-7-6-8-12(13)18(27)24(15)19/h6-11,14-15,19H,1-5H3,(H,22,26)(H,23,25)(H,28,29)/t11-,14+,15+,19-/m0/s1. The van der Waals surface area contributed by atoms with Gasteiger partial charge in [-0.2, -0.15) is 0 Å². The minimum absolute atomic E-state index is 0.198. The molecular formula is C21H27N3O5S. The molecule has 0 bridgehead atoms. The number of thioether (sulfide) groups is 1. The lowest BCUT2D eigenvalue weighted by Crippen LogP contribution is -2.57. The smallest absolute Gasteiger partial charge is 0.326 e. The van der Waals surface area contributed by atoms with E-state index in [1.165, 1.54) is 6.92 Å². The predicted octanol–water partition coefficient (Wildman–Crippen LogP) is 1.77. The van der Waals surface area contributed by atoms with Crippen molar-refractivity contribution in [1.82, 2.24) is 15.5 Å². The molecule has 1 aromatic carbocycles. The quantitative estimate of drug-likeness (QED) is 0.630. The van der Waals surface area contributed by atoms with Gasteiger partial charge in [0.25, 0.3) is 5.91 Å². The van der Waals surface area contributed by atoms with Gasteiger partial charge < -0.3 is 20.6 Å². The first-order chi connectivity index (χ1) is 14.0. The van der Waals surface area contributed by atoms with Crippen molar-refractivity contribution in [3.63, 3.8) is 0 Å². The summed E-state index contributed by atoms with van der Waals surface area (Å²) in [6.45, 7) is 8.69. The summed E-state index contributed by atoms with van der Waals surface area (Å²) in [7, 11) is 0. The van der Waals surface area contributed by atoms with Gasteiger partial charge in [0.1, 0.15) is 23.5 Å². The van der Waals surface area contributed by atoms with Crippen LogP contribution < -0.4 is 10.6 Å². The summed E-state index contributed by atoms with van der Waals surface area (Å²) in [4.78, 5) is 51.5. The largest absolute Gasteiger partial charge is 0.480 e. The highest BCUT2D eigenvalue weighted by atomic mass is 32.2. The number of fused-ring (bicyclic) bond motifs is 3. The van der Waals surface area contributed by atoms with Crippen LogP contribution in [-0.4, -0.2) is 56.6 Å². The van der Waals surface area contributed by atoms with Gasteiger partial charge in [0.2, 0.25) is 11.8 Å². The Hall–Kier alpha value is -2.55. The molecule has 8 nitrogen and oxygen atoms in total. The summed E-state index contributed by atoms with van der Waals surface area (Å²) in [5.41, 5.74) is 1.48. The van der Waals surface area contributed by atoms with E-state index in [-0.39, 0.29) is 17.2 Å². The Kier molecular flexibility index (Phi) is 5.86. The minimum atomic E-state index is -1.13. The van der Waals surface area contributed by atoms with Gasteiger partial charge >= 0.3 is 5.97 Å². The number of hydrogen-bond donors (Lipinski definition) is 3. The molecular weight excluding hydrogens is 406 g/mol. The first-order valence-electron chi connectivity index (χ1n) is 9.88. The van der Waals surface area contributed by atoms with E-state index in [2.05, 4.69) is 10.6 Å². The molecule has 30 heavy (non-hydrogen) atoms. The van der Waals surface area contributed by atoms with Crippen molar-refractivity contribution in [3.8, 4) is 0 Å². The van der Waals surface area contributed by atoms with Crippen LogP contribution in [0.5, 0.6) is 0 Å². The molecule has 0 unspecified atom stereocenters. The van der Waals surface area contributed by atoms with Crippen molar-refractivity contribution in [2.45, 2.75) is 62.9 Å². The maximum absolute atomic E-state index is 13.2. The summed E-state index contributed by atoms with van der Waals surface area (Å²) in [6.07, 6.45) is 0. The molecule has 1 saturated heterocycles. The number of carbonyl (C=O) groups is 4. The van der Waals surface area contributed by atoms with Crippen molar-refractivity contribution in [2.75, 3.05) is 0 Å². The number of nitrogens with zero attached hydrogens (tertiary/aromatic N) is 1. The fraction of sp³-hybridized carbons (Fsp3) is 0.524. The Balaban J connectivity index is 1.76. The van der Waals surface area contributed by atoms with E-state index in [1.807, 2.05) is 26.0 Å². The highest BCUT2D eigenvalue weighted by Gasteiger charge is 2.57. The van der Waals surface area contributed by atoms with Gasteiger partial charge in [0.05, 0.1) is 0 Å². The first kappa shape index (κ1) is 22.1. The molecule has 3 rings (SSSR count). The van der Waals surface area contributed by atoms with Gasteiger partial charge in [-0.05, 0) is 38.3 Å². The number of nitrogens with one attached hydrogen (secondary N) is 2. The third-order valence-corrected chi connectivity index (χ3v) is 7.06. The normalized spacial score (nSPS) is 23.5. The molecule has 0 aliphatic carbocycles. The molecule has 4 atom stereocenters. The van der Waals surface area contributed by atoms with Crippen molar-refractivity contribution in [3.05, 3.63) is 35.4 Å². The monoisotopic (exact) mass is 433 g/mol. The van der Waals surface area contributed by atoms with E-state index >= 15 is 0 Å². The second-order valence-electron chi connectivity index (χ2n) is 8.57. The minimum Gasteiger partial charge on any atom is -0.480 e. The van der Waals surface area contributed by atoms with E-state index in [1.54, 1.807) is 42.6 Å². The number of hydrogen-bond acceptors (Lipinski definition) is 5. The average molecular weight is 434 g/mol. The van der Waals surface area contributed by atoms with Crippen molar-refractivity contribution < 1.29 is 24.3 Å². The Morgan fingerprint density at radius 1 is 1.13 bits per heavy atom. The zero-order chi connectivity index (χ0) is 22.4. The summed E-state index contributed by atoms with van der Waals surface area (Å²) >= 11 is 1.54. The summed E-state index contributed by atoms with van der Waals surface area (Å²) in [5.74, 6) is -2.65. The molecule has 1 aromatic rings. The van der Waals surface area contributed by atoms with Gasteiger partial charge in [-0.15, -0.1) is 11.8 Å². The van der Waals surface area contributed by atoms with E-state index in [0.29, 0.717) is 5.56 Å². The lowest BCUT2D eigenvalue weighted by molar-refractivity contribution is -0.143. The number of aliphatic carboxylic acids is 1. The highest BCUT2D eigenvalue weighted by Crippen LogP contribution is 2.56. The average Bonchev–Trinajstić information content (AvgIpc) is 3.08. The van der Waals surface area contributed by atoms with E-state index in [4.69, 9.17) is 0 Å². The fourth-order valence-electron chi connectivity index (χ4n) is 3.95. The van der Waals surface area contributed by atoms with Crippen LogP contribution in [0.25, 0.3) is 0 Å². The Labute approximate surface area is 179 Å². The highest BCUT2D eigenvalue weighted by molar-refractivity contribution is 8.01. The molecule has 0 spiro atoms. The van der Waals surface area contributed by atoms with Gasteiger partial charge in [-0.1, -0.05) is 32.0 Å². The van der Waals surface area contributed by atoms with E-state index in [0.717, 1.165) is 5.56 Å². The fourth-order valence-corrected chi connectivity index (χ4v) is 5.54. The molecule has 0 radical (unpaired) electrons. The number of carboxylic acid groups (broad SMARTS) is 1. The molecule has 2 aliphatic rings. The maximum atomic E-state index is 13.2. The number of rotatable bonds is 6. The van der Waals surface area contributed by atoms with Gasteiger partial charge in [0, 0.05) is 10.3 Å². The molecule has 0 aromatic heterocycles. The molecule has 162 valence electrons. The molecule has 1 fully saturated rings. The molecule has 3 N–H and O–H groups in total. The molecule has 0 saturated carbocycles. The van der Waals surface area contributed by atoms with E-state index in [9.17, 15) is 24.3 Å². The van der Waals surface area contributed by atoms with Crippen LogP contribution in [0.1, 0.15) is 55.9 Å². The Bertz CT molecular complexity index is 900. The first-order valence-corrected chi connectivity index (χ1v) is 10.8. The van der Waals surface area contributed by atoms with Crippen LogP contribution in [0.15, 0.2) is 24.3 Å². The Morgan fingerprint density at radius 2 is 1.77 bits per heavy atom. The van der Waals surface area contributed by atoms with Crippen LogP contribution in [0, 0.1) is 5.92 Å². The number of carboxylic acids is 1. The van der Waals surface area contributed by atoms with Gasteiger partial charge in [0.15, 0.2) is 0 Å². The van der Waals surface area contributed by atoms with Crippen molar-refractivity contribution >= 4 is 35.5 Å². The predicted molar refractivity (Wildman–Crippen MR) is 113 cm³/mol. The summed E-state index contributed by atoms with van der Waals surface area (Å²) in [6, 6.07) is 4.57. The van der Waals surface area contributed by atoms with Gasteiger partial charge in [-0.3, -0.25) is 14.4 Å². The van der Waals surface area contributed by atoms with Crippen LogP contribution in [-0.2, 0) is 14.4 Å². The number of carbonyl (C=O) groups excluding carboxylic acids is 3. The molecule has 3 amide bonds. The zero-order valence-electron chi connectivity index (χ0n) is 17.6. The van der Waals surface area contributed by atoms with Crippen LogP contribution in [0.2, 0.25) is 0 Å². The molecule has 9 heteroatoms. The summed E-state index contributed by atoms with van der Waals surface area (Å²) < 4.78 is -0.560. The molecule has 2 heterocycles. The SMILES string of the molecule is CC(C)[C@@H](NC(=O)[C@H](C)NC(=O)[C@H]1N2C(=O)c3ccccc3[C@@H]2SC1(C)C)C(=O)O. The van der Waals surface area contributed by atoms with Gasteiger partial charge in [-0.25, -0.2) is 4.79 Å². The second-order valence-corrected chi connectivity index (χ2v) is 10.3. The van der Waals surface area contributed by atoms with Crippen LogP contribution in [0.3, 0.4) is 0 Å². The summed E-state index contributed by atoms with van der Waals surface area (Å²) in [5, 5.41) is 14.1. The van der Waals surface area contributed by atoms with Crippen molar-refractivity contribution in [1.29, 1.82) is 0 Å².